The summed E-state index contributed by atoms with van der Waals surface area (Å²) in [7, 11) is 0. The van der Waals surface area contributed by atoms with Crippen molar-refractivity contribution in [2.24, 2.45) is 0 Å². The Morgan fingerprint density at radius 2 is 1.83 bits per heavy atom. The van der Waals surface area contributed by atoms with Crippen LogP contribution >= 0.6 is 0 Å². The number of aryl methyl sites for hydroxylation is 2. The van der Waals surface area contributed by atoms with Crippen LogP contribution in [0.15, 0.2) is 29.0 Å². The second kappa shape index (κ2) is 10.6. The molecule has 2 aromatic heterocycles. The third-order valence-corrected chi connectivity index (χ3v) is 6.79. The number of nitrogens with zero attached hydrogens (tertiary/aromatic N) is 6. The zero-order valence-electron chi connectivity index (χ0n) is 20.5. The first-order valence-corrected chi connectivity index (χ1v) is 12.4. The van der Waals surface area contributed by atoms with Crippen molar-refractivity contribution < 1.29 is 14.1 Å². The van der Waals surface area contributed by atoms with Gasteiger partial charge in [-0.15, -0.1) is 0 Å². The van der Waals surface area contributed by atoms with Crippen LogP contribution in [0, 0.1) is 13.8 Å². The average molecular weight is 480 g/mol. The maximum Gasteiger partial charge on any atom is 0.274 e. The molecular weight excluding hydrogens is 446 g/mol. The minimum Gasteiger partial charge on any atom is -0.378 e. The van der Waals surface area contributed by atoms with Gasteiger partial charge in [0.1, 0.15) is 17.5 Å². The van der Waals surface area contributed by atoms with E-state index in [1.807, 2.05) is 0 Å². The summed E-state index contributed by atoms with van der Waals surface area (Å²) in [5, 5.41) is 7.57. The van der Waals surface area contributed by atoms with Crippen LogP contribution in [0.1, 0.15) is 28.0 Å². The number of morpholine rings is 1. The lowest BCUT2D eigenvalue weighted by atomic mass is 10.1. The van der Waals surface area contributed by atoms with E-state index in [0.29, 0.717) is 49.8 Å². The van der Waals surface area contributed by atoms with Gasteiger partial charge in [0.05, 0.1) is 13.2 Å². The first kappa shape index (κ1) is 23.5. The van der Waals surface area contributed by atoms with E-state index in [-0.39, 0.29) is 11.6 Å². The predicted molar refractivity (Wildman–Crippen MR) is 134 cm³/mol. The number of hydrogen-bond donors (Lipinski definition) is 1. The van der Waals surface area contributed by atoms with Gasteiger partial charge in [-0.1, -0.05) is 17.3 Å². The van der Waals surface area contributed by atoms with Crippen LogP contribution < -0.4 is 15.1 Å². The van der Waals surface area contributed by atoms with E-state index in [1.165, 1.54) is 23.1 Å². The van der Waals surface area contributed by atoms with Crippen LogP contribution in [0.5, 0.6) is 0 Å². The Kier molecular flexibility index (Phi) is 7.10. The molecule has 0 saturated carbocycles. The summed E-state index contributed by atoms with van der Waals surface area (Å²) in [6.07, 6.45) is 2.32. The number of carbonyl (C=O) groups is 1. The minimum atomic E-state index is -0.257. The quantitative estimate of drug-likeness (QED) is 0.510. The van der Waals surface area contributed by atoms with Crippen LogP contribution in [-0.2, 0) is 4.74 Å². The molecule has 0 bridgehead atoms. The average Bonchev–Trinajstić information content (AvgIpc) is 3.33. The number of piperazine rings is 1. The highest BCUT2D eigenvalue weighted by molar-refractivity contribution is 6.07. The molecule has 2 fully saturated rings. The highest BCUT2D eigenvalue weighted by atomic mass is 16.5. The Morgan fingerprint density at radius 3 is 2.63 bits per heavy atom. The van der Waals surface area contributed by atoms with Crippen LogP contribution in [0.2, 0.25) is 0 Å². The summed E-state index contributed by atoms with van der Waals surface area (Å²) in [5.74, 6) is 0.416. The topological polar surface area (TPSA) is 99.9 Å². The van der Waals surface area contributed by atoms with E-state index in [1.54, 1.807) is 0 Å². The Morgan fingerprint density at radius 1 is 1.03 bits per heavy atom. The number of fused-ring (bicyclic) bond motifs is 1. The Hall–Kier alpha value is -3.24. The number of nitrogens with one attached hydrogen (secondary N) is 1. The maximum absolute atomic E-state index is 12.9. The summed E-state index contributed by atoms with van der Waals surface area (Å²) < 4.78 is 10.8. The Balaban J connectivity index is 1.12. The normalized spacial score (nSPS) is 17.2. The summed E-state index contributed by atoms with van der Waals surface area (Å²) >= 11 is 0. The zero-order valence-corrected chi connectivity index (χ0v) is 20.5. The molecule has 186 valence electrons. The molecule has 0 radical (unpaired) electrons. The monoisotopic (exact) mass is 479 g/mol. The van der Waals surface area contributed by atoms with Crippen molar-refractivity contribution in [2.75, 3.05) is 75.4 Å². The van der Waals surface area contributed by atoms with E-state index >= 15 is 0 Å². The number of hydrogen-bond acceptors (Lipinski definition) is 9. The van der Waals surface area contributed by atoms with Gasteiger partial charge in [0, 0.05) is 51.5 Å². The van der Waals surface area contributed by atoms with Gasteiger partial charge in [0.15, 0.2) is 5.69 Å². The molecular formula is C25H33N7O3. The summed E-state index contributed by atoms with van der Waals surface area (Å²) in [4.78, 5) is 28.5. The minimum absolute atomic E-state index is 0.240. The van der Waals surface area contributed by atoms with Gasteiger partial charge < -0.3 is 24.4 Å². The molecule has 2 saturated heterocycles. The standard InChI is InChI=1S/C25H33N7O3/c1-18-4-5-19(2)20(16-18)31-10-8-30(9-11-31)7-3-6-26-24(33)22-21-23(32-12-14-34-15-13-32)27-17-28-25(21)35-29-22/h4-5,16-17H,3,6-15H2,1-2H3,(H,26,33). The summed E-state index contributed by atoms with van der Waals surface area (Å²) in [5.41, 5.74) is 4.54. The van der Waals surface area contributed by atoms with Crippen LogP contribution in [0.4, 0.5) is 11.5 Å². The number of rotatable bonds is 7. The molecule has 2 aliphatic rings. The first-order valence-electron chi connectivity index (χ1n) is 12.4. The van der Waals surface area contributed by atoms with Gasteiger partial charge >= 0.3 is 0 Å². The fourth-order valence-electron chi connectivity index (χ4n) is 4.80. The highest BCUT2D eigenvalue weighted by Crippen LogP contribution is 2.27. The van der Waals surface area contributed by atoms with Crippen molar-refractivity contribution in [3.05, 3.63) is 41.3 Å². The third kappa shape index (κ3) is 5.23. The maximum atomic E-state index is 12.9. The van der Waals surface area contributed by atoms with E-state index < -0.39 is 0 Å². The molecule has 3 aromatic rings. The predicted octanol–water partition coefficient (Wildman–Crippen LogP) is 2.01. The second-order valence-corrected chi connectivity index (χ2v) is 9.24. The lowest BCUT2D eigenvalue weighted by Crippen LogP contribution is -2.47. The number of ether oxygens (including phenoxy) is 1. The molecule has 0 spiro atoms. The largest absolute Gasteiger partial charge is 0.378 e. The lowest BCUT2D eigenvalue weighted by Gasteiger charge is -2.37. The van der Waals surface area contributed by atoms with E-state index in [2.05, 4.69) is 67.2 Å². The van der Waals surface area contributed by atoms with Crippen molar-refractivity contribution >= 4 is 28.5 Å². The molecule has 1 N–H and O–H groups in total. The summed E-state index contributed by atoms with van der Waals surface area (Å²) in [6.45, 7) is 12.6. The van der Waals surface area contributed by atoms with E-state index in [9.17, 15) is 4.79 Å². The molecule has 10 nitrogen and oxygen atoms in total. The zero-order chi connectivity index (χ0) is 24.2. The molecule has 1 amide bonds. The molecule has 10 heteroatoms. The van der Waals surface area contributed by atoms with E-state index in [4.69, 9.17) is 9.26 Å². The lowest BCUT2D eigenvalue weighted by molar-refractivity contribution is 0.0944. The first-order chi connectivity index (χ1) is 17.1. The molecule has 4 heterocycles. The summed E-state index contributed by atoms with van der Waals surface area (Å²) in [6, 6.07) is 6.65. The number of anilines is 2. The Bertz CT molecular complexity index is 1170. The molecule has 2 aliphatic heterocycles. The van der Waals surface area contributed by atoms with Crippen molar-refractivity contribution in [1.82, 2.24) is 25.3 Å². The second-order valence-electron chi connectivity index (χ2n) is 9.24. The van der Waals surface area contributed by atoms with Crippen LogP contribution in [0.25, 0.3) is 11.1 Å². The van der Waals surface area contributed by atoms with Crippen molar-refractivity contribution in [3.8, 4) is 0 Å². The van der Waals surface area contributed by atoms with E-state index in [0.717, 1.165) is 39.1 Å². The van der Waals surface area contributed by atoms with Crippen molar-refractivity contribution in [2.45, 2.75) is 20.3 Å². The number of aromatic nitrogens is 3. The van der Waals surface area contributed by atoms with Gasteiger partial charge in [-0.2, -0.15) is 4.98 Å². The smallest absolute Gasteiger partial charge is 0.274 e. The van der Waals surface area contributed by atoms with Crippen molar-refractivity contribution in [1.29, 1.82) is 0 Å². The van der Waals surface area contributed by atoms with Gasteiger partial charge in [0.25, 0.3) is 11.6 Å². The van der Waals surface area contributed by atoms with Gasteiger partial charge in [-0.3, -0.25) is 9.69 Å². The fraction of sp³-hybridized carbons (Fsp3) is 0.520. The molecule has 1 aromatic carbocycles. The molecule has 35 heavy (non-hydrogen) atoms. The fourth-order valence-corrected chi connectivity index (χ4v) is 4.80. The number of carbonyl (C=O) groups excluding carboxylic acids is 1. The van der Waals surface area contributed by atoms with Crippen LogP contribution in [0.3, 0.4) is 0 Å². The van der Waals surface area contributed by atoms with Gasteiger partial charge in [-0.25, -0.2) is 4.98 Å². The molecule has 0 atom stereocenters. The Labute approximate surface area is 205 Å². The van der Waals surface area contributed by atoms with Gasteiger partial charge in [0.2, 0.25) is 0 Å². The molecule has 0 unspecified atom stereocenters. The molecule has 5 rings (SSSR count). The van der Waals surface area contributed by atoms with Crippen LogP contribution in [-0.4, -0.2) is 91.5 Å². The highest BCUT2D eigenvalue weighted by Gasteiger charge is 2.25. The molecule has 0 aliphatic carbocycles. The number of benzene rings is 1. The van der Waals surface area contributed by atoms with Crippen molar-refractivity contribution in [3.63, 3.8) is 0 Å². The third-order valence-electron chi connectivity index (χ3n) is 6.79. The SMILES string of the molecule is Cc1ccc(C)c(N2CCN(CCCNC(=O)c3noc4ncnc(N5CCOCC5)c34)CC2)c1. The number of amides is 1. The van der Waals surface area contributed by atoms with Gasteiger partial charge in [-0.05, 0) is 44.0 Å².